The fraction of sp³-hybridized carbons (Fsp3) is 0.625. The van der Waals surface area contributed by atoms with Crippen molar-refractivity contribution in [2.45, 2.75) is 32.2 Å². The normalized spacial score (nSPS) is 29.7. The lowest BCUT2D eigenvalue weighted by atomic mass is 10.1. The first-order valence-corrected chi connectivity index (χ1v) is 7.47. The van der Waals surface area contributed by atoms with Gasteiger partial charge in [-0.05, 0) is 30.9 Å². The molecule has 0 spiro atoms. The van der Waals surface area contributed by atoms with Crippen LogP contribution in [0.2, 0.25) is 0 Å². The third-order valence-electron chi connectivity index (χ3n) is 4.80. The van der Waals surface area contributed by atoms with Crippen molar-refractivity contribution in [3.05, 3.63) is 30.3 Å². The summed E-state index contributed by atoms with van der Waals surface area (Å²) < 4.78 is 0. The van der Waals surface area contributed by atoms with E-state index in [1.54, 1.807) is 0 Å². The molecule has 2 atom stereocenters. The van der Waals surface area contributed by atoms with Crippen molar-refractivity contribution in [1.29, 1.82) is 0 Å². The third-order valence-corrected chi connectivity index (χ3v) is 4.80. The second-order valence-corrected chi connectivity index (χ2v) is 6.10. The number of nitrogens with zero attached hydrogens (tertiary/aromatic N) is 1. The van der Waals surface area contributed by atoms with Crippen LogP contribution in [0.3, 0.4) is 0 Å². The van der Waals surface area contributed by atoms with Gasteiger partial charge in [0.25, 0.3) is 0 Å². The number of nitrogens with one attached hydrogen (secondary N) is 1. The van der Waals surface area contributed by atoms with E-state index in [0.29, 0.717) is 0 Å². The molecule has 1 aliphatic heterocycles. The molecular weight excluding hydrogens is 220 g/mol. The maximum atomic E-state index is 2.54. The summed E-state index contributed by atoms with van der Waals surface area (Å²) >= 11 is 0. The summed E-state index contributed by atoms with van der Waals surface area (Å²) in [4.78, 5) is 4.41. The summed E-state index contributed by atoms with van der Waals surface area (Å²) in [5.74, 6) is 0.967. The number of hydrogen-bond donors (Lipinski definition) is 1. The average Bonchev–Trinajstić information content (AvgIpc) is 2.87. The highest BCUT2D eigenvalue weighted by molar-refractivity contribution is 5.46. The van der Waals surface area contributed by atoms with E-state index in [4.69, 9.17) is 0 Å². The zero-order chi connectivity index (χ0) is 12.4. The Bertz CT molecular complexity index is 368. The van der Waals surface area contributed by atoms with Gasteiger partial charge in [0.15, 0.2) is 0 Å². The molecule has 98 valence electrons. The Balaban J connectivity index is 1.55. The predicted octanol–water partition coefficient (Wildman–Crippen LogP) is 1.58. The van der Waals surface area contributed by atoms with Crippen molar-refractivity contribution in [2.24, 2.45) is 5.92 Å². The molecule has 2 fully saturated rings. The highest BCUT2D eigenvalue weighted by Crippen LogP contribution is 2.23. The van der Waals surface area contributed by atoms with Gasteiger partial charge in [-0.3, -0.25) is 0 Å². The fourth-order valence-electron chi connectivity index (χ4n) is 3.68. The molecule has 1 aliphatic carbocycles. The molecule has 3 rings (SSSR count). The van der Waals surface area contributed by atoms with Crippen LogP contribution >= 0.6 is 0 Å². The summed E-state index contributed by atoms with van der Waals surface area (Å²) in [6.45, 7) is 7.52. The molecule has 1 saturated carbocycles. The Morgan fingerprint density at radius 3 is 2.39 bits per heavy atom. The minimum atomic E-state index is 0.956. The maximum Gasteiger partial charge on any atom is 0.0951 e. The number of rotatable bonds is 2. The number of para-hydroxylation sites is 1. The van der Waals surface area contributed by atoms with Gasteiger partial charge < -0.3 is 9.80 Å². The van der Waals surface area contributed by atoms with Crippen LogP contribution in [0.25, 0.3) is 0 Å². The Morgan fingerprint density at radius 2 is 1.78 bits per heavy atom. The molecule has 1 aromatic carbocycles. The molecule has 0 aromatic heterocycles. The van der Waals surface area contributed by atoms with Gasteiger partial charge in [0.05, 0.1) is 32.2 Å². The van der Waals surface area contributed by atoms with Gasteiger partial charge in [0.2, 0.25) is 0 Å². The van der Waals surface area contributed by atoms with Gasteiger partial charge in [0.1, 0.15) is 0 Å². The minimum Gasteiger partial charge on any atom is -0.360 e. The molecule has 18 heavy (non-hydrogen) atoms. The predicted molar refractivity (Wildman–Crippen MR) is 76.2 cm³/mol. The molecule has 2 aliphatic rings. The van der Waals surface area contributed by atoms with Crippen LogP contribution in [0.1, 0.15) is 26.2 Å². The van der Waals surface area contributed by atoms with Gasteiger partial charge in [0, 0.05) is 12.1 Å². The van der Waals surface area contributed by atoms with Gasteiger partial charge in [-0.15, -0.1) is 0 Å². The number of piperazine rings is 1. The van der Waals surface area contributed by atoms with E-state index in [2.05, 4.69) is 42.2 Å². The van der Waals surface area contributed by atoms with Crippen LogP contribution in [0.4, 0.5) is 5.69 Å². The second-order valence-electron chi connectivity index (χ2n) is 6.10. The lowest BCUT2D eigenvalue weighted by Crippen LogP contribution is -3.18. The van der Waals surface area contributed by atoms with E-state index in [1.165, 1.54) is 51.1 Å². The van der Waals surface area contributed by atoms with Crippen LogP contribution in [0.15, 0.2) is 30.3 Å². The molecule has 0 radical (unpaired) electrons. The van der Waals surface area contributed by atoms with Crippen LogP contribution < -0.4 is 9.80 Å². The zero-order valence-corrected chi connectivity index (χ0v) is 11.4. The van der Waals surface area contributed by atoms with Gasteiger partial charge in [-0.25, -0.2) is 0 Å². The molecule has 1 heterocycles. The largest absolute Gasteiger partial charge is 0.360 e. The van der Waals surface area contributed by atoms with Crippen LogP contribution in [0.5, 0.6) is 0 Å². The monoisotopic (exact) mass is 245 g/mol. The second kappa shape index (κ2) is 5.31. The van der Waals surface area contributed by atoms with Crippen molar-refractivity contribution in [2.75, 3.05) is 31.1 Å². The standard InChI is InChI=1S/C16H24N2/c1-14-7-8-16(13-14)18-11-9-17(10-12-18)15-5-3-2-4-6-15/h2-6,14,16H,7-13H2,1H3/p+1/t14-,16-/m1/s1. The Labute approximate surface area is 111 Å². The van der Waals surface area contributed by atoms with Crippen LogP contribution in [0, 0.1) is 5.92 Å². The van der Waals surface area contributed by atoms with Crippen molar-refractivity contribution in [3.63, 3.8) is 0 Å². The number of anilines is 1. The van der Waals surface area contributed by atoms with Crippen LogP contribution in [-0.4, -0.2) is 32.2 Å². The molecule has 1 saturated heterocycles. The van der Waals surface area contributed by atoms with Crippen molar-refractivity contribution >= 4 is 5.69 Å². The highest BCUT2D eigenvalue weighted by Gasteiger charge is 2.32. The smallest absolute Gasteiger partial charge is 0.0951 e. The minimum absolute atomic E-state index is 0.956. The lowest BCUT2D eigenvalue weighted by molar-refractivity contribution is -0.925. The van der Waals surface area contributed by atoms with Gasteiger partial charge in [-0.2, -0.15) is 0 Å². The maximum absolute atomic E-state index is 2.54. The summed E-state index contributed by atoms with van der Waals surface area (Å²) in [7, 11) is 0. The Hall–Kier alpha value is -1.02. The summed E-state index contributed by atoms with van der Waals surface area (Å²) in [6, 6.07) is 11.8. The fourth-order valence-corrected chi connectivity index (χ4v) is 3.68. The molecule has 0 amide bonds. The topological polar surface area (TPSA) is 7.68 Å². The number of benzene rings is 1. The van der Waals surface area contributed by atoms with E-state index in [1.807, 2.05) is 4.90 Å². The zero-order valence-electron chi connectivity index (χ0n) is 11.4. The van der Waals surface area contributed by atoms with Gasteiger partial charge in [-0.1, -0.05) is 25.1 Å². The Morgan fingerprint density at radius 1 is 1.06 bits per heavy atom. The van der Waals surface area contributed by atoms with E-state index in [9.17, 15) is 0 Å². The molecule has 0 bridgehead atoms. The molecule has 2 heteroatoms. The summed E-state index contributed by atoms with van der Waals surface area (Å²) in [6.07, 6.45) is 4.37. The van der Waals surface area contributed by atoms with E-state index in [0.717, 1.165) is 12.0 Å². The number of hydrogen-bond acceptors (Lipinski definition) is 1. The first-order valence-electron chi connectivity index (χ1n) is 7.47. The molecule has 2 nitrogen and oxygen atoms in total. The van der Waals surface area contributed by atoms with E-state index >= 15 is 0 Å². The average molecular weight is 245 g/mol. The quantitative estimate of drug-likeness (QED) is 0.831. The third kappa shape index (κ3) is 2.54. The highest BCUT2D eigenvalue weighted by atomic mass is 15.3. The van der Waals surface area contributed by atoms with Crippen LogP contribution in [-0.2, 0) is 0 Å². The summed E-state index contributed by atoms with van der Waals surface area (Å²) in [5.41, 5.74) is 1.40. The summed E-state index contributed by atoms with van der Waals surface area (Å²) in [5, 5.41) is 0. The molecule has 1 N–H and O–H groups in total. The van der Waals surface area contributed by atoms with E-state index in [-0.39, 0.29) is 0 Å². The lowest BCUT2D eigenvalue weighted by Gasteiger charge is -2.36. The van der Waals surface area contributed by atoms with Crippen molar-refractivity contribution in [1.82, 2.24) is 0 Å². The van der Waals surface area contributed by atoms with Crippen molar-refractivity contribution in [3.8, 4) is 0 Å². The molecule has 1 aromatic rings. The number of quaternary nitrogens is 1. The SMILES string of the molecule is C[C@@H]1CC[C@@H]([NH+]2CCN(c3ccccc3)CC2)C1. The van der Waals surface area contributed by atoms with Crippen molar-refractivity contribution < 1.29 is 4.90 Å². The first kappa shape index (κ1) is 12.0. The first-order chi connectivity index (χ1) is 8.83. The Kier molecular flexibility index (Phi) is 3.55. The molecular formula is C16H25N2+. The molecule has 0 unspecified atom stereocenters. The van der Waals surface area contributed by atoms with E-state index < -0.39 is 0 Å². The van der Waals surface area contributed by atoms with Gasteiger partial charge >= 0.3 is 0 Å².